The minimum absolute atomic E-state index is 0.105. The Labute approximate surface area is 163 Å². The molecule has 0 aliphatic heterocycles. The number of rotatable bonds is 5. The number of pyridine rings is 1. The summed E-state index contributed by atoms with van der Waals surface area (Å²) in [6.45, 7) is 0. The molecule has 0 saturated carbocycles. The molecule has 0 radical (unpaired) electrons. The van der Waals surface area contributed by atoms with E-state index in [0.29, 0.717) is 0 Å². The maximum absolute atomic E-state index is 12.8. The highest BCUT2D eigenvalue weighted by Crippen LogP contribution is 2.20. The first-order valence-corrected chi connectivity index (χ1v) is 9.73. The Morgan fingerprint density at radius 1 is 1.24 bits per heavy atom. The average molecular weight is 418 g/mol. The van der Waals surface area contributed by atoms with Gasteiger partial charge in [-0.3, -0.25) is 4.79 Å². The van der Waals surface area contributed by atoms with Crippen molar-refractivity contribution >= 4 is 32.7 Å². The molecule has 12 heteroatoms. The molecule has 3 aromatic rings. The Kier molecular flexibility index (Phi) is 5.03. The van der Waals surface area contributed by atoms with Gasteiger partial charge in [0.15, 0.2) is 5.03 Å². The molecule has 2 N–H and O–H groups in total. The monoisotopic (exact) mass is 418 g/mol. The lowest BCUT2D eigenvalue weighted by Crippen LogP contribution is -2.36. The van der Waals surface area contributed by atoms with Crippen LogP contribution in [0.4, 0.5) is 0 Å². The molecule has 2 heterocycles. The van der Waals surface area contributed by atoms with Crippen LogP contribution in [0.2, 0.25) is 0 Å². The van der Waals surface area contributed by atoms with Crippen molar-refractivity contribution in [2.45, 2.75) is 10.8 Å². The van der Waals surface area contributed by atoms with Crippen LogP contribution in [0.3, 0.4) is 0 Å². The summed E-state index contributed by atoms with van der Waals surface area (Å²) in [5, 5.41) is 23.4. The zero-order valence-corrected chi connectivity index (χ0v) is 15.7. The van der Waals surface area contributed by atoms with Gasteiger partial charge in [0.2, 0.25) is 9.84 Å². The summed E-state index contributed by atoms with van der Waals surface area (Å²) in [4.78, 5) is 39.4. The molecule has 0 saturated heterocycles. The van der Waals surface area contributed by atoms with Gasteiger partial charge < -0.3 is 20.4 Å². The van der Waals surface area contributed by atoms with Gasteiger partial charge in [-0.2, -0.15) is 0 Å². The lowest BCUT2D eigenvalue weighted by atomic mass is 10.2. The van der Waals surface area contributed by atoms with Crippen molar-refractivity contribution < 1.29 is 27.5 Å². The minimum Gasteiger partial charge on any atom is -0.805 e. The van der Waals surface area contributed by atoms with Crippen LogP contribution >= 0.6 is 0 Å². The number of carboxylic acid groups (broad SMARTS) is 1. The Morgan fingerprint density at radius 3 is 2.52 bits per heavy atom. The third-order valence-corrected chi connectivity index (χ3v) is 5.64. The number of sulfone groups is 1. The van der Waals surface area contributed by atoms with E-state index in [4.69, 9.17) is 5.11 Å². The molecular weight excluding hydrogens is 404 g/mol. The summed E-state index contributed by atoms with van der Waals surface area (Å²) in [6.07, 6.45) is 0.855. The fourth-order valence-electron chi connectivity index (χ4n) is 2.70. The van der Waals surface area contributed by atoms with Gasteiger partial charge in [0.25, 0.3) is 5.52 Å². The van der Waals surface area contributed by atoms with Crippen LogP contribution in [0, 0.1) is 10.1 Å². The van der Waals surface area contributed by atoms with E-state index in [1.807, 2.05) is 0 Å². The first-order valence-electron chi connectivity index (χ1n) is 8.08. The van der Waals surface area contributed by atoms with Gasteiger partial charge in [-0.05, 0) is 18.2 Å². The Morgan fingerprint density at radius 2 is 1.93 bits per heavy atom. The number of para-hydroxylation sites is 2. The smallest absolute Gasteiger partial charge is 0.347 e. The zero-order chi connectivity index (χ0) is 21.3. The normalized spacial score (nSPS) is 11.3. The standard InChI is InChI=1S/C17H14N4O7S/c1-18-16(22)15-13(20(25)11-4-2-3-5-12(11)21(15)26)9-29(27,28)14-7-6-10(8-19-14)17(23)24/h2-8H,9H2,1H3,(H,18,22)(H,23,24). The van der Waals surface area contributed by atoms with Crippen molar-refractivity contribution in [3.63, 3.8) is 0 Å². The molecule has 29 heavy (non-hydrogen) atoms. The lowest BCUT2D eigenvalue weighted by Gasteiger charge is -2.18. The van der Waals surface area contributed by atoms with E-state index >= 15 is 0 Å². The van der Waals surface area contributed by atoms with Crippen LogP contribution in [-0.4, -0.2) is 42.2 Å². The highest BCUT2D eigenvalue weighted by atomic mass is 32.2. The van der Waals surface area contributed by atoms with Gasteiger partial charge in [-0.1, -0.05) is 12.1 Å². The molecule has 0 atom stereocenters. The van der Waals surface area contributed by atoms with Crippen LogP contribution < -0.4 is 9.74 Å². The van der Waals surface area contributed by atoms with Crippen molar-refractivity contribution in [3.05, 3.63) is 69.7 Å². The molecule has 2 aromatic heterocycles. The molecule has 0 aliphatic rings. The molecule has 0 unspecified atom stereocenters. The molecule has 1 amide bonds. The molecule has 11 nitrogen and oxygen atoms in total. The molecule has 1 aromatic carbocycles. The third kappa shape index (κ3) is 3.52. The summed E-state index contributed by atoms with van der Waals surface area (Å²) in [7, 11) is -3.05. The van der Waals surface area contributed by atoms with E-state index in [-0.39, 0.29) is 25.8 Å². The van der Waals surface area contributed by atoms with E-state index < -0.39 is 43.9 Å². The minimum atomic E-state index is -4.29. The van der Waals surface area contributed by atoms with Gasteiger partial charge in [-0.25, -0.2) is 18.2 Å². The molecule has 0 bridgehead atoms. The van der Waals surface area contributed by atoms with Crippen LogP contribution in [0.15, 0.2) is 47.6 Å². The summed E-state index contributed by atoms with van der Waals surface area (Å²) < 4.78 is 25.9. The van der Waals surface area contributed by atoms with Gasteiger partial charge in [0.1, 0.15) is 17.0 Å². The van der Waals surface area contributed by atoms with Crippen molar-refractivity contribution in [1.82, 2.24) is 15.0 Å². The maximum atomic E-state index is 12.8. The molecule has 3 rings (SSSR count). The number of carboxylic acids is 1. The quantitative estimate of drug-likeness (QED) is 0.559. The first-order chi connectivity index (χ1) is 13.7. The van der Waals surface area contributed by atoms with E-state index in [1.165, 1.54) is 31.3 Å². The number of aromatic carboxylic acids is 1. The number of nitrogens with one attached hydrogen (secondary N) is 1. The highest BCUT2D eigenvalue weighted by molar-refractivity contribution is 7.90. The molecule has 0 fully saturated rings. The second-order valence-electron chi connectivity index (χ2n) is 5.90. The Balaban J connectivity index is 2.21. The van der Waals surface area contributed by atoms with E-state index in [1.54, 1.807) is 0 Å². The Hall–Kier alpha value is -3.80. The van der Waals surface area contributed by atoms with Crippen LogP contribution in [-0.2, 0) is 15.6 Å². The first kappa shape index (κ1) is 19.9. The van der Waals surface area contributed by atoms with Gasteiger partial charge in [-0.15, -0.1) is 0 Å². The van der Waals surface area contributed by atoms with Crippen molar-refractivity contribution in [1.29, 1.82) is 0 Å². The lowest BCUT2D eigenvalue weighted by molar-refractivity contribution is -0.468. The third-order valence-electron chi connectivity index (χ3n) is 4.11. The van der Waals surface area contributed by atoms with Crippen LogP contribution in [0.5, 0.6) is 0 Å². The largest absolute Gasteiger partial charge is 0.805 e. The summed E-state index contributed by atoms with van der Waals surface area (Å²) in [5.74, 6) is -3.22. The molecule has 0 spiro atoms. The predicted octanol–water partition coefficient (Wildman–Crippen LogP) is 0.328. The van der Waals surface area contributed by atoms with Gasteiger partial charge >= 0.3 is 17.6 Å². The van der Waals surface area contributed by atoms with Crippen LogP contribution in [0.25, 0.3) is 11.0 Å². The van der Waals surface area contributed by atoms with Crippen molar-refractivity contribution in [2.75, 3.05) is 7.05 Å². The van der Waals surface area contributed by atoms with E-state index in [0.717, 1.165) is 18.3 Å². The number of amides is 1. The summed E-state index contributed by atoms with van der Waals surface area (Å²) in [6, 6.07) is 7.64. The van der Waals surface area contributed by atoms with E-state index in [2.05, 4.69) is 10.3 Å². The zero-order valence-electron chi connectivity index (χ0n) is 14.9. The SMILES string of the molecule is CNC(=O)c1c(CS(=O)(=O)c2ccc(C(=O)O)cn2)n([O-])c2ccccc2[n+]1=O. The van der Waals surface area contributed by atoms with Gasteiger partial charge in [0, 0.05) is 24.2 Å². The number of hydrogen-bond acceptors (Lipinski definition) is 7. The number of fused-ring (bicyclic) bond motifs is 1. The number of nitrogens with zero attached hydrogens (tertiary/aromatic N) is 3. The fourth-order valence-corrected chi connectivity index (χ4v) is 3.95. The molecule has 150 valence electrons. The topological polar surface area (TPSA) is 164 Å². The van der Waals surface area contributed by atoms with Crippen molar-refractivity contribution in [2.24, 2.45) is 0 Å². The van der Waals surface area contributed by atoms with Crippen LogP contribution in [0.1, 0.15) is 26.5 Å². The molecule has 0 aliphatic carbocycles. The predicted molar refractivity (Wildman–Crippen MR) is 99.5 cm³/mol. The number of carbonyl (C=O) groups is 2. The Bertz CT molecular complexity index is 1300. The van der Waals surface area contributed by atoms with E-state index in [9.17, 15) is 28.1 Å². The second-order valence-corrected chi connectivity index (χ2v) is 7.84. The number of carbonyl (C=O) groups excluding carboxylic acids is 1. The molecular formula is C17H14N4O7S. The van der Waals surface area contributed by atoms with Crippen molar-refractivity contribution in [3.8, 4) is 0 Å². The fraction of sp³-hybridized carbons (Fsp3) is 0.118. The second kappa shape index (κ2) is 7.31. The highest BCUT2D eigenvalue weighted by Gasteiger charge is 2.32. The maximum Gasteiger partial charge on any atom is 0.347 e. The summed E-state index contributed by atoms with van der Waals surface area (Å²) in [5.41, 5.74) is -1.69. The number of hydrogen-bond donors (Lipinski definition) is 2. The van der Waals surface area contributed by atoms with Gasteiger partial charge in [0.05, 0.1) is 9.99 Å². The number of benzene rings is 1. The summed E-state index contributed by atoms with van der Waals surface area (Å²) >= 11 is 0. The number of aromatic nitrogens is 3. The average Bonchev–Trinajstić information content (AvgIpc) is 2.71.